The second-order valence-corrected chi connectivity index (χ2v) is 2.90. The number of diazo groups is 1. The molecule has 0 aliphatic rings. The third-order valence-corrected chi connectivity index (χ3v) is 1.70. The van der Waals surface area contributed by atoms with Crippen LogP contribution in [0.5, 0.6) is 5.75 Å². The molecule has 1 rings (SSSR count). The third kappa shape index (κ3) is 2.21. The minimum atomic E-state index is -0.737. The number of rotatable bonds is 2. The number of aromatic hydroxyl groups is 1. The minimum Gasteiger partial charge on any atom is -0.500 e. The van der Waals surface area contributed by atoms with Crippen LogP contribution < -0.4 is 5.32 Å². The smallest absolute Gasteiger partial charge is 0.435 e. The summed E-state index contributed by atoms with van der Waals surface area (Å²) >= 11 is 0. The normalized spacial score (nSPS) is 9.25. The van der Waals surface area contributed by atoms with Gasteiger partial charge in [0.25, 0.3) is 5.69 Å². The standard InChI is InChI=1S/C8H6N4O4/c1-4(13)10-6-2-5(12(15)16)3-7(11-9)8(6)14/h2-3,9H,1H3/p+1. The Morgan fingerprint density at radius 2 is 2.25 bits per heavy atom. The van der Waals surface area contributed by atoms with Crippen molar-refractivity contribution < 1.29 is 14.8 Å². The number of hydrogen-bond acceptors (Lipinski definition) is 5. The van der Waals surface area contributed by atoms with E-state index >= 15 is 0 Å². The highest BCUT2D eigenvalue weighted by Crippen LogP contribution is 2.38. The molecule has 16 heavy (non-hydrogen) atoms. The number of nitrogens with one attached hydrogen (secondary N) is 1. The summed E-state index contributed by atoms with van der Waals surface area (Å²) in [5, 5.41) is 30.7. The number of benzene rings is 1. The first-order valence-corrected chi connectivity index (χ1v) is 4.09. The number of carbonyl (C=O) groups excluding carboxylic acids is 1. The molecule has 0 spiro atoms. The van der Waals surface area contributed by atoms with Gasteiger partial charge in [-0.2, -0.15) is 0 Å². The number of nitro groups is 1. The maximum atomic E-state index is 10.8. The van der Waals surface area contributed by atoms with Gasteiger partial charge in [-0.05, 0) is 0 Å². The zero-order valence-corrected chi connectivity index (χ0v) is 8.17. The number of nitrogens with zero attached hydrogens (tertiary/aromatic N) is 3. The van der Waals surface area contributed by atoms with Crippen LogP contribution in [0.2, 0.25) is 0 Å². The Morgan fingerprint density at radius 3 is 2.69 bits per heavy atom. The molecular weight excluding hydrogens is 216 g/mol. The molecule has 0 aliphatic heterocycles. The highest BCUT2D eigenvalue weighted by atomic mass is 16.6. The number of phenolic OH excluding ortho intramolecular Hbond substituents is 1. The van der Waals surface area contributed by atoms with Crippen LogP contribution in [0.1, 0.15) is 6.92 Å². The first-order valence-electron chi connectivity index (χ1n) is 4.09. The van der Waals surface area contributed by atoms with Gasteiger partial charge < -0.3 is 10.4 Å². The van der Waals surface area contributed by atoms with Crippen LogP contribution in [0.25, 0.3) is 4.98 Å². The van der Waals surface area contributed by atoms with Crippen molar-refractivity contribution in [3.8, 4) is 5.75 Å². The van der Waals surface area contributed by atoms with Crippen molar-refractivity contribution in [2.24, 2.45) is 0 Å². The van der Waals surface area contributed by atoms with Gasteiger partial charge in [0.1, 0.15) is 6.07 Å². The Hall–Kier alpha value is -2.69. The molecule has 0 atom stereocenters. The molecule has 0 aromatic heterocycles. The number of carbonyl (C=O) groups is 1. The summed E-state index contributed by atoms with van der Waals surface area (Å²) in [6, 6.07) is 1.84. The lowest BCUT2D eigenvalue weighted by Crippen LogP contribution is -2.06. The van der Waals surface area contributed by atoms with Gasteiger partial charge in [-0.1, -0.05) is 0 Å². The number of anilines is 1. The average molecular weight is 223 g/mol. The Labute approximate surface area is 89.3 Å². The van der Waals surface area contributed by atoms with E-state index in [2.05, 4.69) is 10.3 Å². The Kier molecular flexibility index (Phi) is 3.00. The van der Waals surface area contributed by atoms with Crippen LogP contribution in [0, 0.1) is 15.5 Å². The molecular formula is C8H7N4O4+. The van der Waals surface area contributed by atoms with Gasteiger partial charge in [0.15, 0.2) is 4.98 Å². The van der Waals surface area contributed by atoms with E-state index in [1.165, 1.54) is 6.92 Å². The molecule has 8 heteroatoms. The number of hydrogen-bond donors (Lipinski definition) is 2. The van der Waals surface area contributed by atoms with Gasteiger partial charge >= 0.3 is 5.69 Å². The summed E-state index contributed by atoms with van der Waals surface area (Å²) in [6.07, 6.45) is 0. The number of phenols is 1. The van der Waals surface area contributed by atoms with E-state index in [4.69, 9.17) is 5.39 Å². The van der Waals surface area contributed by atoms with Crippen LogP contribution in [0.3, 0.4) is 0 Å². The molecule has 1 aromatic rings. The topological polar surface area (TPSA) is 121 Å². The van der Waals surface area contributed by atoms with E-state index in [1.807, 2.05) is 0 Å². The van der Waals surface area contributed by atoms with Crippen LogP contribution in [-0.2, 0) is 4.79 Å². The molecule has 1 amide bonds. The predicted molar refractivity (Wildman–Crippen MR) is 53.8 cm³/mol. The van der Waals surface area contributed by atoms with Crippen LogP contribution in [0.15, 0.2) is 12.1 Å². The maximum absolute atomic E-state index is 10.8. The van der Waals surface area contributed by atoms with E-state index in [9.17, 15) is 20.0 Å². The Balaban J connectivity index is 3.36. The molecule has 0 aliphatic carbocycles. The monoisotopic (exact) mass is 223 g/mol. The van der Waals surface area contributed by atoms with Crippen LogP contribution in [-0.4, -0.2) is 15.9 Å². The zero-order valence-electron chi connectivity index (χ0n) is 8.17. The van der Waals surface area contributed by atoms with Crippen molar-refractivity contribution in [1.82, 2.24) is 0 Å². The maximum Gasteiger partial charge on any atom is 0.435 e. The molecule has 0 bridgehead atoms. The second kappa shape index (κ2) is 4.22. The number of non-ortho nitro benzene ring substituents is 1. The predicted octanol–water partition coefficient (Wildman–Crippen LogP) is 1.74. The molecule has 8 nitrogen and oxygen atoms in total. The molecule has 0 radical (unpaired) electrons. The van der Waals surface area contributed by atoms with E-state index < -0.39 is 28.0 Å². The van der Waals surface area contributed by atoms with Crippen molar-refractivity contribution in [1.29, 1.82) is 5.39 Å². The first kappa shape index (κ1) is 11.4. The van der Waals surface area contributed by atoms with E-state index in [1.54, 1.807) is 0 Å². The van der Waals surface area contributed by atoms with E-state index in [0.717, 1.165) is 12.1 Å². The summed E-state index contributed by atoms with van der Waals surface area (Å²) in [4.78, 5) is 23.2. The zero-order chi connectivity index (χ0) is 12.3. The SMILES string of the molecule is CC(=O)Nc1cc([N+](=O)[O-])cc([N+]#N)c1O. The fraction of sp³-hybridized carbons (Fsp3) is 0.125. The lowest BCUT2D eigenvalue weighted by molar-refractivity contribution is -0.384. The van der Waals surface area contributed by atoms with Crippen molar-refractivity contribution in [3.05, 3.63) is 27.2 Å². The lowest BCUT2D eigenvalue weighted by atomic mass is 10.2. The van der Waals surface area contributed by atoms with Gasteiger partial charge in [0.05, 0.1) is 10.6 Å². The minimum absolute atomic E-state index is 0.186. The van der Waals surface area contributed by atoms with Gasteiger partial charge in [0, 0.05) is 13.0 Å². The van der Waals surface area contributed by atoms with Gasteiger partial charge in [-0.15, -0.1) is 0 Å². The van der Waals surface area contributed by atoms with Crippen molar-refractivity contribution in [2.75, 3.05) is 5.32 Å². The van der Waals surface area contributed by atoms with Gasteiger partial charge in [-0.3, -0.25) is 14.9 Å². The fourth-order valence-electron chi connectivity index (χ4n) is 1.07. The van der Waals surface area contributed by atoms with Crippen LogP contribution >= 0.6 is 0 Å². The summed E-state index contributed by atoms with van der Waals surface area (Å²) < 4.78 is 0. The van der Waals surface area contributed by atoms with Crippen molar-refractivity contribution in [3.63, 3.8) is 0 Å². The summed E-state index contributed by atoms with van der Waals surface area (Å²) in [5.41, 5.74) is -0.984. The molecule has 2 N–H and O–H groups in total. The average Bonchev–Trinajstić information content (AvgIpc) is 2.20. The van der Waals surface area contributed by atoms with Gasteiger partial charge in [0.2, 0.25) is 17.0 Å². The van der Waals surface area contributed by atoms with Crippen molar-refractivity contribution >= 4 is 23.0 Å². The lowest BCUT2D eigenvalue weighted by Gasteiger charge is -2.02. The molecule has 1 aromatic carbocycles. The van der Waals surface area contributed by atoms with E-state index in [0.29, 0.717) is 0 Å². The van der Waals surface area contributed by atoms with Crippen molar-refractivity contribution in [2.45, 2.75) is 6.92 Å². The largest absolute Gasteiger partial charge is 0.500 e. The molecule has 0 heterocycles. The summed E-state index contributed by atoms with van der Waals surface area (Å²) in [6.45, 7) is 1.17. The highest BCUT2D eigenvalue weighted by Gasteiger charge is 2.24. The quantitative estimate of drug-likeness (QED) is 0.342. The molecule has 82 valence electrons. The first-order chi connectivity index (χ1) is 7.45. The Morgan fingerprint density at radius 1 is 1.62 bits per heavy atom. The molecule has 0 fully saturated rings. The fourth-order valence-corrected chi connectivity index (χ4v) is 1.07. The van der Waals surface area contributed by atoms with Gasteiger partial charge in [-0.25, -0.2) is 0 Å². The van der Waals surface area contributed by atoms with E-state index in [-0.39, 0.29) is 5.69 Å². The summed E-state index contributed by atoms with van der Waals surface area (Å²) in [7, 11) is 0. The summed E-state index contributed by atoms with van der Waals surface area (Å²) in [5.74, 6) is -1.05. The third-order valence-electron chi connectivity index (χ3n) is 1.70. The highest BCUT2D eigenvalue weighted by molar-refractivity contribution is 5.92. The number of amides is 1. The molecule has 0 unspecified atom stereocenters. The Bertz CT molecular complexity index is 505. The second-order valence-electron chi connectivity index (χ2n) is 2.90. The van der Waals surface area contributed by atoms with Crippen LogP contribution in [0.4, 0.5) is 17.1 Å². The molecule has 0 saturated carbocycles. The molecule has 0 saturated heterocycles. The number of nitro benzene ring substituents is 1.